The summed E-state index contributed by atoms with van der Waals surface area (Å²) in [7, 11) is 1.82. The van der Waals surface area contributed by atoms with Gasteiger partial charge in [0.1, 0.15) is 0 Å². The summed E-state index contributed by atoms with van der Waals surface area (Å²) in [5.41, 5.74) is 1.40. The van der Waals surface area contributed by atoms with Crippen LogP contribution < -0.4 is 10.6 Å². The molecular formula is C22H38N4OS. The normalized spacial score (nSPS) is 16.9. The number of likely N-dealkylation sites (tertiary alicyclic amines) is 1. The molecule has 2 rings (SSSR count). The molecule has 28 heavy (non-hydrogen) atoms. The number of guanidine groups is 1. The van der Waals surface area contributed by atoms with Gasteiger partial charge < -0.3 is 15.4 Å². The first-order valence-electron chi connectivity index (χ1n) is 10.4. The van der Waals surface area contributed by atoms with Crippen LogP contribution in [0.4, 0.5) is 0 Å². The van der Waals surface area contributed by atoms with Gasteiger partial charge in [-0.15, -0.1) is 0 Å². The third-order valence-electron chi connectivity index (χ3n) is 5.21. The minimum atomic E-state index is 0.204. The van der Waals surface area contributed by atoms with Gasteiger partial charge in [-0.1, -0.05) is 30.3 Å². The van der Waals surface area contributed by atoms with Crippen molar-refractivity contribution in [2.24, 2.45) is 4.99 Å². The topological polar surface area (TPSA) is 48.9 Å². The number of benzene rings is 1. The smallest absolute Gasteiger partial charge is 0.191 e. The molecule has 1 fully saturated rings. The largest absolute Gasteiger partial charge is 0.378 e. The number of hydrogen-bond acceptors (Lipinski definition) is 4. The zero-order chi connectivity index (χ0) is 20.2. The third kappa shape index (κ3) is 8.84. The lowest BCUT2D eigenvalue weighted by molar-refractivity contribution is 0.00534. The van der Waals surface area contributed by atoms with Crippen LogP contribution in [-0.4, -0.2) is 67.8 Å². The molecule has 0 atom stereocenters. The van der Waals surface area contributed by atoms with Crippen molar-refractivity contribution in [3.05, 3.63) is 35.9 Å². The molecule has 1 heterocycles. The number of thioether (sulfide) groups is 1. The van der Waals surface area contributed by atoms with Gasteiger partial charge in [0, 0.05) is 51.1 Å². The van der Waals surface area contributed by atoms with Crippen LogP contribution >= 0.6 is 11.8 Å². The second-order valence-electron chi connectivity index (χ2n) is 8.00. The lowest BCUT2D eigenvalue weighted by Crippen LogP contribution is -2.43. The highest BCUT2D eigenvalue weighted by molar-refractivity contribution is 7.99. The van der Waals surface area contributed by atoms with Gasteiger partial charge in [-0.3, -0.25) is 9.89 Å². The molecule has 2 N–H and O–H groups in total. The van der Waals surface area contributed by atoms with Gasteiger partial charge in [0.15, 0.2) is 5.96 Å². The average molecular weight is 407 g/mol. The van der Waals surface area contributed by atoms with Crippen molar-refractivity contribution in [1.29, 1.82) is 0 Å². The van der Waals surface area contributed by atoms with Crippen LogP contribution in [0.15, 0.2) is 35.3 Å². The van der Waals surface area contributed by atoms with Crippen molar-refractivity contribution in [3.63, 3.8) is 0 Å². The monoisotopic (exact) mass is 406 g/mol. The van der Waals surface area contributed by atoms with Crippen LogP contribution in [0, 0.1) is 0 Å². The molecule has 0 saturated carbocycles. The molecule has 0 radical (unpaired) electrons. The van der Waals surface area contributed by atoms with Gasteiger partial charge in [0.05, 0.1) is 6.10 Å². The first-order chi connectivity index (χ1) is 13.5. The highest BCUT2D eigenvalue weighted by atomic mass is 32.2. The molecule has 0 bridgehead atoms. The fourth-order valence-corrected chi connectivity index (χ4v) is 3.41. The Kier molecular flexibility index (Phi) is 10.2. The minimum absolute atomic E-state index is 0.204. The van der Waals surface area contributed by atoms with Gasteiger partial charge in [0.25, 0.3) is 0 Å². The SMILES string of the molecule is CN=C(NCCCOC1CCN(Cc2ccccc2)CC1)NCC(C)(C)SC. The van der Waals surface area contributed by atoms with Crippen LogP contribution in [-0.2, 0) is 11.3 Å². The summed E-state index contributed by atoms with van der Waals surface area (Å²) in [4.78, 5) is 6.82. The van der Waals surface area contributed by atoms with Gasteiger partial charge in [-0.2, -0.15) is 11.8 Å². The van der Waals surface area contributed by atoms with Crippen molar-refractivity contribution in [2.45, 2.75) is 50.5 Å². The lowest BCUT2D eigenvalue weighted by Gasteiger charge is -2.32. The number of rotatable bonds is 10. The molecule has 0 amide bonds. The van der Waals surface area contributed by atoms with Crippen LogP contribution in [0.5, 0.6) is 0 Å². The number of piperidine rings is 1. The fourth-order valence-electron chi connectivity index (χ4n) is 3.19. The first-order valence-corrected chi connectivity index (χ1v) is 11.6. The first kappa shape index (κ1) is 23.0. The van der Waals surface area contributed by atoms with E-state index in [1.54, 1.807) is 0 Å². The van der Waals surface area contributed by atoms with E-state index in [1.165, 1.54) is 5.56 Å². The molecular weight excluding hydrogens is 368 g/mol. The highest BCUT2D eigenvalue weighted by Gasteiger charge is 2.19. The zero-order valence-corrected chi connectivity index (χ0v) is 18.9. The maximum atomic E-state index is 6.10. The van der Waals surface area contributed by atoms with Gasteiger partial charge in [-0.05, 0) is 44.9 Å². The predicted molar refractivity (Wildman–Crippen MR) is 122 cm³/mol. The van der Waals surface area contributed by atoms with Crippen molar-refractivity contribution in [2.75, 3.05) is 46.1 Å². The number of hydrogen-bond donors (Lipinski definition) is 2. The second-order valence-corrected chi connectivity index (χ2v) is 9.52. The molecule has 1 aliphatic heterocycles. The summed E-state index contributed by atoms with van der Waals surface area (Å²) in [6.07, 6.45) is 5.81. The molecule has 1 saturated heterocycles. The number of nitrogens with one attached hydrogen (secondary N) is 2. The van der Waals surface area contributed by atoms with E-state index in [0.717, 1.165) is 64.6 Å². The molecule has 1 aromatic rings. The summed E-state index contributed by atoms with van der Waals surface area (Å²) >= 11 is 1.86. The molecule has 0 unspecified atom stereocenters. The second kappa shape index (κ2) is 12.3. The van der Waals surface area contributed by atoms with Gasteiger partial charge >= 0.3 is 0 Å². The standard InChI is InChI=1S/C22H38N4OS/c1-22(2,28-4)18-25-21(23-3)24-13-8-16-27-20-11-14-26(15-12-20)17-19-9-6-5-7-10-19/h5-7,9-10,20H,8,11-18H2,1-4H3,(H2,23,24,25). The van der Waals surface area contributed by atoms with E-state index >= 15 is 0 Å². The Morgan fingerprint density at radius 2 is 1.93 bits per heavy atom. The summed E-state index contributed by atoms with van der Waals surface area (Å²) in [6, 6.07) is 10.7. The maximum absolute atomic E-state index is 6.10. The minimum Gasteiger partial charge on any atom is -0.378 e. The van der Waals surface area contributed by atoms with Crippen molar-refractivity contribution in [1.82, 2.24) is 15.5 Å². The van der Waals surface area contributed by atoms with Gasteiger partial charge in [-0.25, -0.2) is 0 Å². The molecule has 1 aromatic carbocycles. The summed E-state index contributed by atoms with van der Waals surface area (Å²) in [6.45, 7) is 10.4. The van der Waals surface area contributed by atoms with E-state index in [4.69, 9.17) is 4.74 Å². The third-order valence-corrected chi connectivity index (χ3v) is 6.46. The Labute approximate surface area is 175 Å². The molecule has 0 spiro atoms. The quantitative estimate of drug-likeness (QED) is 0.354. The Bertz CT molecular complexity index is 571. The van der Waals surface area contributed by atoms with Crippen LogP contribution in [0.2, 0.25) is 0 Å². The number of nitrogens with zero attached hydrogens (tertiary/aromatic N) is 2. The van der Waals surface area contributed by atoms with E-state index < -0.39 is 0 Å². The summed E-state index contributed by atoms with van der Waals surface area (Å²) in [5, 5.41) is 6.78. The van der Waals surface area contributed by atoms with E-state index in [9.17, 15) is 0 Å². The Morgan fingerprint density at radius 1 is 1.21 bits per heavy atom. The lowest BCUT2D eigenvalue weighted by atomic mass is 10.1. The fraction of sp³-hybridized carbons (Fsp3) is 0.682. The predicted octanol–water partition coefficient (Wildman–Crippen LogP) is 3.36. The van der Waals surface area contributed by atoms with Crippen molar-refractivity contribution >= 4 is 17.7 Å². The molecule has 0 aromatic heterocycles. The van der Waals surface area contributed by atoms with Gasteiger partial charge in [0.2, 0.25) is 0 Å². The Morgan fingerprint density at radius 3 is 2.57 bits per heavy atom. The molecule has 5 nitrogen and oxygen atoms in total. The van der Waals surface area contributed by atoms with E-state index in [1.807, 2.05) is 18.8 Å². The van der Waals surface area contributed by atoms with E-state index in [-0.39, 0.29) is 4.75 Å². The molecule has 1 aliphatic rings. The zero-order valence-electron chi connectivity index (χ0n) is 18.0. The Balaban J connectivity index is 1.53. The number of aliphatic imine (C=N–C) groups is 1. The Hall–Kier alpha value is -1.24. The summed E-state index contributed by atoms with van der Waals surface area (Å²) < 4.78 is 6.30. The van der Waals surface area contributed by atoms with E-state index in [2.05, 4.69) is 71.0 Å². The molecule has 6 heteroatoms. The van der Waals surface area contributed by atoms with Crippen LogP contribution in [0.3, 0.4) is 0 Å². The van der Waals surface area contributed by atoms with E-state index in [0.29, 0.717) is 6.10 Å². The van der Waals surface area contributed by atoms with Crippen LogP contribution in [0.1, 0.15) is 38.7 Å². The maximum Gasteiger partial charge on any atom is 0.191 e. The van der Waals surface area contributed by atoms with Crippen LogP contribution in [0.25, 0.3) is 0 Å². The molecule has 158 valence electrons. The van der Waals surface area contributed by atoms with Crippen molar-refractivity contribution < 1.29 is 4.74 Å². The van der Waals surface area contributed by atoms with Crippen molar-refractivity contribution in [3.8, 4) is 0 Å². The number of ether oxygens (including phenoxy) is 1. The average Bonchev–Trinajstić information content (AvgIpc) is 2.72. The molecule has 0 aliphatic carbocycles. The highest BCUT2D eigenvalue weighted by Crippen LogP contribution is 2.19. The summed E-state index contributed by atoms with van der Waals surface area (Å²) in [5.74, 6) is 0.872.